The molecule has 0 aliphatic heterocycles. The molecule has 0 N–H and O–H groups in total. The van der Waals surface area contributed by atoms with Gasteiger partial charge in [-0.15, -0.1) is 0 Å². The third kappa shape index (κ3) is 1.82. The van der Waals surface area contributed by atoms with Gasteiger partial charge in [-0.1, -0.05) is 6.07 Å². The highest BCUT2D eigenvalue weighted by atomic mass is 16.6. The minimum Gasteiger partial charge on any atom is -0.283 e. The number of para-hydroxylation sites is 1. The maximum atomic E-state index is 11.1. The van der Waals surface area contributed by atoms with E-state index in [0.29, 0.717) is 0 Å². The summed E-state index contributed by atoms with van der Waals surface area (Å²) in [5.41, 5.74) is -0.813. The maximum absolute atomic E-state index is 11.1. The molecule has 0 fully saturated rings. The summed E-state index contributed by atoms with van der Waals surface area (Å²) in [6, 6.07) is 9.35. The molecular weight excluding hydrogens is 260 g/mol. The van der Waals surface area contributed by atoms with Gasteiger partial charge in [0.25, 0.3) is 0 Å². The molecule has 8 nitrogen and oxygen atoms in total. The van der Waals surface area contributed by atoms with Gasteiger partial charge in [-0.2, -0.15) is 15.8 Å². The van der Waals surface area contributed by atoms with Crippen LogP contribution < -0.4 is 0 Å². The van der Waals surface area contributed by atoms with Crippen molar-refractivity contribution in [3.05, 3.63) is 51.6 Å². The third-order valence-corrected chi connectivity index (χ3v) is 2.56. The Morgan fingerprint density at radius 3 is 2.50 bits per heavy atom. The highest BCUT2D eigenvalue weighted by molar-refractivity contribution is 5.63. The fourth-order valence-corrected chi connectivity index (χ4v) is 1.73. The Bertz CT molecular complexity index is 831. The molecule has 0 aliphatic carbocycles. The highest BCUT2D eigenvalue weighted by Gasteiger charge is 2.23. The Labute approximate surface area is 112 Å². The summed E-state index contributed by atoms with van der Waals surface area (Å²) in [5, 5.41) is 37.9. The Balaban J connectivity index is 2.82. The van der Waals surface area contributed by atoms with Gasteiger partial charge in [0, 0.05) is 0 Å². The first kappa shape index (κ1) is 12.7. The predicted octanol–water partition coefficient (Wildman–Crippen LogP) is 1.40. The van der Waals surface area contributed by atoms with E-state index < -0.39 is 10.6 Å². The zero-order valence-electron chi connectivity index (χ0n) is 9.81. The molecule has 0 saturated heterocycles. The van der Waals surface area contributed by atoms with E-state index in [1.807, 2.05) is 0 Å². The number of nitro groups is 1. The third-order valence-electron chi connectivity index (χ3n) is 2.56. The first-order chi connectivity index (χ1) is 9.63. The summed E-state index contributed by atoms with van der Waals surface area (Å²) < 4.78 is 1.12. The predicted molar refractivity (Wildman–Crippen MR) is 64.4 cm³/mol. The van der Waals surface area contributed by atoms with Gasteiger partial charge in [-0.3, -0.25) is 14.7 Å². The zero-order valence-corrected chi connectivity index (χ0v) is 9.81. The van der Waals surface area contributed by atoms with Crippen molar-refractivity contribution in [3.8, 4) is 23.9 Å². The summed E-state index contributed by atoms with van der Waals surface area (Å²) in [6.07, 6.45) is 1.14. The van der Waals surface area contributed by atoms with Crippen LogP contribution in [0.1, 0.15) is 17.0 Å². The summed E-state index contributed by atoms with van der Waals surface area (Å²) >= 11 is 0. The first-order valence-electron chi connectivity index (χ1n) is 5.19. The monoisotopic (exact) mass is 264 g/mol. The van der Waals surface area contributed by atoms with E-state index in [1.165, 1.54) is 18.2 Å². The van der Waals surface area contributed by atoms with E-state index in [2.05, 4.69) is 4.98 Å². The molecule has 2 aromatic rings. The van der Waals surface area contributed by atoms with Gasteiger partial charge in [0.05, 0.1) is 4.92 Å². The Morgan fingerprint density at radius 2 is 1.95 bits per heavy atom. The van der Waals surface area contributed by atoms with E-state index in [1.54, 1.807) is 18.2 Å². The lowest BCUT2D eigenvalue weighted by Crippen LogP contribution is -2.03. The SMILES string of the molecule is N#Cc1cccc(-n2cnc(C#N)c2C#N)c1[N+](=O)[O-]. The second-order valence-electron chi connectivity index (χ2n) is 3.58. The van der Waals surface area contributed by atoms with Gasteiger partial charge in [0.1, 0.15) is 35.8 Å². The molecule has 2 rings (SSSR count). The number of benzene rings is 1. The number of nitrogens with zero attached hydrogens (tertiary/aromatic N) is 6. The molecule has 94 valence electrons. The standard InChI is InChI=1S/C12H4N6O2/c13-4-8-2-1-3-10(12(8)18(19)20)17-7-16-9(5-14)11(17)6-15/h1-3,7H. The number of nitriles is 3. The lowest BCUT2D eigenvalue weighted by molar-refractivity contribution is -0.384. The molecule has 1 heterocycles. The molecule has 8 heteroatoms. The van der Waals surface area contributed by atoms with Crippen LogP contribution in [0.4, 0.5) is 5.69 Å². The topological polar surface area (TPSA) is 132 Å². The van der Waals surface area contributed by atoms with Gasteiger partial charge in [-0.25, -0.2) is 4.98 Å². The number of imidazole rings is 1. The van der Waals surface area contributed by atoms with Gasteiger partial charge in [0.2, 0.25) is 0 Å². The van der Waals surface area contributed by atoms with E-state index in [9.17, 15) is 10.1 Å². The molecular formula is C12H4N6O2. The van der Waals surface area contributed by atoms with Crippen LogP contribution in [0.15, 0.2) is 24.5 Å². The molecule has 0 aliphatic rings. The van der Waals surface area contributed by atoms with E-state index in [4.69, 9.17) is 15.8 Å². The van der Waals surface area contributed by atoms with Crippen molar-refractivity contribution >= 4 is 5.69 Å². The maximum Gasteiger partial charge on any atom is 0.310 e. The van der Waals surface area contributed by atoms with Crippen LogP contribution in [-0.2, 0) is 0 Å². The van der Waals surface area contributed by atoms with E-state index in [0.717, 1.165) is 10.9 Å². The Kier molecular flexibility index (Phi) is 3.12. The number of hydrogen-bond acceptors (Lipinski definition) is 6. The Hall–Kier alpha value is -3.70. The van der Waals surface area contributed by atoms with Crippen molar-refractivity contribution in [2.24, 2.45) is 0 Å². The van der Waals surface area contributed by atoms with Gasteiger partial charge in [0.15, 0.2) is 11.4 Å². The van der Waals surface area contributed by atoms with Gasteiger partial charge in [-0.05, 0) is 12.1 Å². The lowest BCUT2D eigenvalue weighted by atomic mass is 10.1. The smallest absolute Gasteiger partial charge is 0.283 e. The van der Waals surface area contributed by atoms with Gasteiger partial charge < -0.3 is 0 Å². The van der Waals surface area contributed by atoms with Crippen molar-refractivity contribution in [2.75, 3.05) is 0 Å². The zero-order chi connectivity index (χ0) is 14.7. The second kappa shape index (κ2) is 4.89. The number of rotatable bonds is 2. The summed E-state index contributed by atoms with van der Waals surface area (Å²) in [5.74, 6) is 0. The van der Waals surface area contributed by atoms with Crippen molar-refractivity contribution in [1.82, 2.24) is 9.55 Å². The molecule has 20 heavy (non-hydrogen) atoms. The van der Waals surface area contributed by atoms with Crippen LogP contribution in [0.5, 0.6) is 0 Å². The van der Waals surface area contributed by atoms with Crippen LogP contribution in [0, 0.1) is 44.1 Å². The van der Waals surface area contributed by atoms with Crippen LogP contribution in [0.3, 0.4) is 0 Å². The number of nitro benzene ring substituents is 1. The molecule has 0 atom stereocenters. The van der Waals surface area contributed by atoms with Crippen LogP contribution >= 0.6 is 0 Å². The molecule has 0 bridgehead atoms. The number of hydrogen-bond donors (Lipinski definition) is 0. The van der Waals surface area contributed by atoms with E-state index in [-0.39, 0.29) is 22.6 Å². The van der Waals surface area contributed by atoms with Crippen molar-refractivity contribution in [3.63, 3.8) is 0 Å². The molecule has 1 aromatic heterocycles. The average Bonchev–Trinajstić information content (AvgIpc) is 2.88. The first-order valence-corrected chi connectivity index (χ1v) is 5.19. The molecule has 0 spiro atoms. The largest absolute Gasteiger partial charge is 0.310 e. The van der Waals surface area contributed by atoms with Crippen molar-refractivity contribution in [1.29, 1.82) is 15.8 Å². The van der Waals surface area contributed by atoms with Crippen LogP contribution in [-0.4, -0.2) is 14.5 Å². The van der Waals surface area contributed by atoms with E-state index >= 15 is 0 Å². The molecule has 0 saturated carbocycles. The summed E-state index contributed by atoms with van der Waals surface area (Å²) in [4.78, 5) is 14.1. The minimum atomic E-state index is -0.707. The fourth-order valence-electron chi connectivity index (χ4n) is 1.73. The van der Waals surface area contributed by atoms with Crippen LogP contribution in [0.2, 0.25) is 0 Å². The molecule has 0 radical (unpaired) electrons. The normalized spacial score (nSPS) is 9.25. The number of aromatic nitrogens is 2. The van der Waals surface area contributed by atoms with Gasteiger partial charge >= 0.3 is 5.69 Å². The minimum absolute atomic E-state index is 0.0135. The molecule has 0 amide bonds. The quantitative estimate of drug-likeness (QED) is 0.594. The second-order valence-corrected chi connectivity index (χ2v) is 3.58. The Morgan fingerprint density at radius 1 is 1.20 bits per heavy atom. The van der Waals surface area contributed by atoms with Crippen molar-refractivity contribution < 1.29 is 4.92 Å². The van der Waals surface area contributed by atoms with Crippen molar-refractivity contribution in [2.45, 2.75) is 0 Å². The lowest BCUT2D eigenvalue weighted by Gasteiger charge is -2.05. The highest BCUT2D eigenvalue weighted by Crippen LogP contribution is 2.28. The average molecular weight is 264 g/mol. The van der Waals surface area contributed by atoms with Crippen LogP contribution in [0.25, 0.3) is 5.69 Å². The fraction of sp³-hybridized carbons (Fsp3) is 0. The summed E-state index contributed by atoms with van der Waals surface area (Å²) in [7, 11) is 0. The molecule has 1 aromatic carbocycles. The summed E-state index contributed by atoms with van der Waals surface area (Å²) in [6.45, 7) is 0. The molecule has 0 unspecified atom stereocenters.